The Labute approximate surface area is 103 Å². The van der Waals surface area contributed by atoms with Gasteiger partial charge >= 0.3 is 0 Å². The first-order chi connectivity index (χ1) is 8.27. The smallest absolute Gasteiger partial charge is 0.0942 e. The van der Waals surface area contributed by atoms with E-state index in [0.717, 1.165) is 39.1 Å². The Morgan fingerprint density at radius 3 is 3.00 bits per heavy atom. The summed E-state index contributed by atoms with van der Waals surface area (Å²) in [5.74, 6) is 0.691. The zero-order chi connectivity index (χ0) is 11.7. The molecule has 0 aromatic heterocycles. The van der Waals surface area contributed by atoms with Crippen molar-refractivity contribution in [3.63, 3.8) is 0 Å². The summed E-state index contributed by atoms with van der Waals surface area (Å²) in [6.07, 6.45) is 9.36. The van der Waals surface area contributed by atoms with Gasteiger partial charge in [0.15, 0.2) is 0 Å². The lowest BCUT2D eigenvalue weighted by Crippen LogP contribution is -2.41. The van der Waals surface area contributed by atoms with Gasteiger partial charge in [0.1, 0.15) is 0 Å². The Balaban J connectivity index is 1.71. The maximum atomic E-state index is 6.04. The molecule has 2 fully saturated rings. The Morgan fingerprint density at radius 2 is 2.24 bits per heavy atom. The third-order valence-corrected chi connectivity index (χ3v) is 4.52. The van der Waals surface area contributed by atoms with Gasteiger partial charge in [0.05, 0.1) is 12.2 Å². The van der Waals surface area contributed by atoms with Crippen molar-refractivity contribution in [3.8, 4) is 0 Å². The summed E-state index contributed by atoms with van der Waals surface area (Å²) < 4.78 is 11.5. The molecule has 3 rings (SSSR count). The molecule has 1 aliphatic carbocycles. The predicted molar refractivity (Wildman–Crippen MR) is 66.8 cm³/mol. The van der Waals surface area contributed by atoms with Gasteiger partial charge in [0.2, 0.25) is 0 Å². The SMILES string of the molecule is NC1C=C(C2CCOC3(CCOC3)C2)CCC1. The first-order valence-corrected chi connectivity index (χ1v) is 6.95. The average Bonchev–Trinajstić information content (AvgIpc) is 2.77. The molecular weight excluding hydrogens is 214 g/mol. The van der Waals surface area contributed by atoms with E-state index < -0.39 is 0 Å². The van der Waals surface area contributed by atoms with Crippen molar-refractivity contribution in [2.45, 2.75) is 50.2 Å². The van der Waals surface area contributed by atoms with Crippen LogP contribution in [0.5, 0.6) is 0 Å². The van der Waals surface area contributed by atoms with Crippen LogP contribution in [0.2, 0.25) is 0 Å². The maximum Gasteiger partial charge on any atom is 0.0942 e. The molecule has 0 bridgehead atoms. The molecule has 0 radical (unpaired) electrons. The fraction of sp³-hybridized carbons (Fsp3) is 0.857. The molecule has 3 heteroatoms. The van der Waals surface area contributed by atoms with Crippen LogP contribution in [0.25, 0.3) is 0 Å². The van der Waals surface area contributed by atoms with Crippen LogP contribution in [-0.2, 0) is 9.47 Å². The van der Waals surface area contributed by atoms with Crippen molar-refractivity contribution in [3.05, 3.63) is 11.6 Å². The van der Waals surface area contributed by atoms with Crippen molar-refractivity contribution < 1.29 is 9.47 Å². The van der Waals surface area contributed by atoms with Gasteiger partial charge in [-0.1, -0.05) is 11.6 Å². The molecular formula is C14H23NO2. The van der Waals surface area contributed by atoms with Crippen LogP contribution in [0.1, 0.15) is 38.5 Å². The van der Waals surface area contributed by atoms with E-state index in [1.807, 2.05) is 0 Å². The number of allylic oxidation sites excluding steroid dienone is 1. The quantitative estimate of drug-likeness (QED) is 0.710. The highest BCUT2D eigenvalue weighted by atomic mass is 16.6. The molecule has 2 saturated heterocycles. The summed E-state index contributed by atoms with van der Waals surface area (Å²) in [4.78, 5) is 0. The van der Waals surface area contributed by atoms with Gasteiger partial charge in [-0.2, -0.15) is 0 Å². The Kier molecular flexibility index (Phi) is 3.24. The zero-order valence-electron chi connectivity index (χ0n) is 10.5. The Hall–Kier alpha value is -0.380. The number of hydrogen-bond donors (Lipinski definition) is 1. The molecule has 2 N–H and O–H groups in total. The van der Waals surface area contributed by atoms with Crippen LogP contribution in [0.15, 0.2) is 11.6 Å². The average molecular weight is 237 g/mol. The van der Waals surface area contributed by atoms with Gasteiger partial charge in [0.25, 0.3) is 0 Å². The van der Waals surface area contributed by atoms with Gasteiger partial charge in [-0.25, -0.2) is 0 Å². The third kappa shape index (κ3) is 2.42. The van der Waals surface area contributed by atoms with Gasteiger partial charge in [-0.05, 0) is 38.0 Å². The van der Waals surface area contributed by atoms with E-state index in [-0.39, 0.29) is 11.6 Å². The molecule has 3 unspecified atom stereocenters. The Morgan fingerprint density at radius 1 is 1.29 bits per heavy atom. The lowest BCUT2D eigenvalue weighted by Gasteiger charge is -2.39. The summed E-state index contributed by atoms with van der Waals surface area (Å²) in [5, 5.41) is 0. The van der Waals surface area contributed by atoms with E-state index in [4.69, 9.17) is 15.2 Å². The summed E-state index contributed by atoms with van der Waals surface area (Å²) in [7, 11) is 0. The molecule has 0 aromatic rings. The van der Waals surface area contributed by atoms with Crippen LogP contribution >= 0.6 is 0 Å². The fourth-order valence-corrected chi connectivity index (χ4v) is 3.53. The van der Waals surface area contributed by atoms with Crippen LogP contribution in [-0.4, -0.2) is 31.5 Å². The lowest BCUT2D eigenvalue weighted by atomic mass is 9.77. The highest BCUT2D eigenvalue weighted by Gasteiger charge is 2.41. The molecule has 2 aliphatic heterocycles. The monoisotopic (exact) mass is 237 g/mol. The van der Waals surface area contributed by atoms with Gasteiger partial charge in [-0.15, -0.1) is 0 Å². The van der Waals surface area contributed by atoms with Gasteiger partial charge in [0, 0.05) is 25.7 Å². The van der Waals surface area contributed by atoms with Crippen molar-refractivity contribution in [1.29, 1.82) is 0 Å². The molecule has 3 nitrogen and oxygen atoms in total. The van der Waals surface area contributed by atoms with Crippen LogP contribution in [0.3, 0.4) is 0 Å². The predicted octanol–water partition coefficient (Wildman–Crippen LogP) is 2.01. The second-order valence-electron chi connectivity index (χ2n) is 5.82. The first-order valence-electron chi connectivity index (χ1n) is 6.95. The molecule has 3 atom stereocenters. The zero-order valence-corrected chi connectivity index (χ0v) is 10.5. The van der Waals surface area contributed by atoms with Crippen LogP contribution in [0, 0.1) is 5.92 Å². The van der Waals surface area contributed by atoms with E-state index in [9.17, 15) is 0 Å². The minimum atomic E-state index is 0.0330. The minimum Gasteiger partial charge on any atom is -0.378 e. The lowest BCUT2D eigenvalue weighted by molar-refractivity contribution is -0.0930. The molecule has 0 aromatic carbocycles. The summed E-state index contributed by atoms with van der Waals surface area (Å²) in [6.45, 7) is 2.55. The number of rotatable bonds is 1. The van der Waals surface area contributed by atoms with Crippen LogP contribution in [0.4, 0.5) is 0 Å². The van der Waals surface area contributed by atoms with Crippen molar-refractivity contribution in [2.75, 3.05) is 19.8 Å². The van der Waals surface area contributed by atoms with E-state index in [1.165, 1.54) is 19.3 Å². The molecule has 0 amide bonds. The molecule has 0 saturated carbocycles. The summed E-state index contributed by atoms with van der Waals surface area (Å²) in [5.41, 5.74) is 7.67. The normalized spacial score (nSPS) is 42.8. The van der Waals surface area contributed by atoms with E-state index in [0.29, 0.717) is 5.92 Å². The molecule has 96 valence electrons. The summed E-state index contributed by atoms with van der Waals surface area (Å²) >= 11 is 0. The van der Waals surface area contributed by atoms with E-state index in [2.05, 4.69) is 6.08 Å². The minimum absolute atomic E-state index is 0.0330. The highest BCUT2D eigenvalue weighted by molar-refractivity contribution is 5.15. The third-order valence-electron chi connectivity index (χ3n) is 4.52. The van der Waals surface area contributed by atoms with Gasteiger partial charge < -0.3 is 15.2 Å². The van der Waals surface area contributed by atoms with Crippen molar-refractivity contribution in [2.24, 2.45) is 11.7 Å². The number of ether oxygens (including phenoxy) is 2. The highest BCUT2D eigenvalue weighted by Crippen LogP contribution is 2.40. The second-order valence-corrected chi connectivity index (χ2v) is 5.82. The van der Waals surface area contributed by atoms with E-state index >= 15 is 0 Å². The van der Waals surface area contributed by atoms with Crippen molar-refractivity contribution >= 4 is 0 Å². The largest absolute Gasteiger partial charge is 0.378 e. The second kappa shape index (κ2) is 4.71. The molecule has 17 heavy (non-hydrogen) atoms. The molecule has 2 heterocycles. The number of hydrogen-bond acceptors (Lipinski definition) is 3. The maximum absolute atomic E-state index is 6.04. The standard InChI is InChI=1S/C14H23NO2/c15-13-3-1-2-11(8-13)12-4-6-17-14(9-12)5-7-16-10-14/h8,12-13H,1-7,9-10,15H2. The first kappa shape index (κ1) is 11.7. The summed E-state index contributed by atoms with van der Waals surface area (Å²) in [6, 6.07) is 0.289. The molecule has 3 aliphatic rings. The van der Waals surface area contributed by atoms with E-state index in [1.54, 1.807) is 5.57 Å². The Bertz CT molecular complexity index is 307. The van der Waals surface area contributed by atoms with Crippen LogP contribution < -0.4 is 5.73 Å². The number of nitrogens with two attached hydrogens (primary N) is 1. The van der Waals surface area contributed by atoms with Crippen molar-refractivity contribution in [1.82, 2.24) is 0 Å². The van der Waals surface area contributed by atoms with Gasteiger partial charge in [-0.3, -0.25) is 0 Å². The fourth-order valence-electron chi connectivity index (χ4n) is 3.53. The molecule has 1 spiro atoms. The topological polar surface area (TPSA) is 44.5 Å².